The van der Waals surface area contributed by atoms with Crippen molar-refractivity contribution in [3.63, 3.8) is 0 Å². The van der Waals surface area contributed by atoms with Gasteiger partial charge in [0.15, 0.2) is 0 Å². The Morgan fingerprint density at radius 1 is 1.39 bits per heavy atom. The summed E-state index contributed by atoms with van der Waals surface area (Å²) >= 11 is 6.36. The molecule has 126 valence electrons. The van der Waals surface area contributed by atoms with Gasteiger partial charge in [-0.15, -0.1) is 0 Å². The molecule has 5 heteroatoms. The first kappa shape index (κ1) is 17.8. The Labute approximate surface area is 143 Å². The quantitative estimate of drug-likeness (QED) is 0.887. The van der Waals surface area contributed by atoms with Crippen molar-refractivity contribution in [3.8, 4) is 0 Å². The third kappa shape index (κ3) is 5.24. The fourth-order valence-corrected chi connectivity index (χ4v) is 2.82. The molecule has 1 aliphatic rings. The first-order valence-corrected chi connectivity index (χ1v) is 8.53. The lowest BCUT2D eigenvalue weighted by Crippen LogP contribution is -2.36. The predicted octanol–water partition coefficient (Wildman–Crippen LogP) is 4.39. The number of halogens is 1. The second kappa shape index (κ2) is 7.35. The largest absolute Gasteiger partial charge is 0.364 e. The number of anilines is 2. The summed E-state index contributed by atoms with van der Waals surface area (Å²) in [6, 6.07) is 5.82. The molecule has 0 saturated carbocycles. The van der Waals surface area contributed by atoms with Crippen LogP contribution in [0.3, 0.4) is 0 Å². The van der Waals surface area contributed by atoms with Gasteiger partial charge >= 0.3 is 0 Å². The third-order valence-electron chi connectivity index (χ3n) is 3.77. The number of nitrogens with zero attached hydrogens (tertiary/aromatic N) is 2. The Balaban J connectivity index is 2.06. The molecule has 0 radical (unpaired) electrons. The standard InChI is InChI=1S/C18H26ClN3O/c1-5-13-12-22(9-8-20-13)14-6-7-16(15(19)10-14)21-17(23)11-18(2,3)4/h6-7,10H,5,8-9,11-12H2,1-4H3,(H,21,23). The zero-order valence-electron chi connectivity index (χ0n) is 14.4. The van der Waals surface area contributed by atoms with Crippen molar-refractivity contribution in [2.24, 2.45) is 10.4 Å². The molecule has 1 aromatic carbocycles. The van der Waals surface area contributed by atoms with Gasteiger partial charge in [-0.2, -0.15) is 0 Å². The Morgan fingerprint density at radius 3 is 2.74 bits per heavy atom. The van der Waals surface area contributed by atoms with Crippen molar-refractivity contribution in [1.29, 1.82) is 0 Å². The van der Waals surface area contributed by atoms with Gasteiger partial charge in [-0.05, 0) is 30.0 Å². The van der Waals surface area contributed by atoms with Gasteiger partial charge in [-0.3, -0.25) is 9.79 Å². The number of carbonyl (C=O) groups excluding carboxylic acids is 1. The Bertz CT molecular complexity index is 605. The second-order valence-corrected chi connectivity index (χ2v) is 7.58. The Kier molecular flexibility index (Phi) is 5.69. The summed E-state index contributed by atoms with van der Waals surface area (Å²) in [6.45, 7) is 10.8. The van der Waals surface area contributed by atoms with E-state index in [1.165, 1.54) is 5.71 Å². The van der Waals surface area contributed by atoms with Crippen molar-refractivity contribution in [2.45, 2.75) is 40.5 Å². The Morgan fingerprint density at radius 2 is 2.13 bits per heavy atom. The highest BCUT2D eigenvalue weighted by Crippen LogP contribution is 2.29. The van der Waals surface area contributed by atoms with Gasteiger partial charge in [0.25, 0.3) is 0 Å². The zero-order valence-corrected chi connectivity index (χ0v) is 15.2. The number of nitrogens with one attached hydrogen (secondary N) is 1. The van der Waals surface area contributed by atoms with Crippen LogP contribution >= 0.6 is 11.6 Å². The van der Waals surface area contributed by atoms with Gasteiger partial charge in [-0.1, -0.05) is 39.3 Å². The minimum absolute atomic E-state index is 0.00877. The molecule has 0 aromatic heterocycles. The summed E-state index contributed by atoms with van der Waals surface area (Å²) in [7, 11) is 0. The molecule has 23 heavy (non-hydrogen) atoms. The van der Waals surface area contributed by atoms with Crippen LogP contribution in [-0.4, -0.2) is 31.3 Å². The maximum absolute atomic E-state index is 12.1. The van der Waals surface area contributed by atoms with E-state index in [1.54, 1.807) is 0 Å². The maximum atomic E-state index is 12.1. The van der Waals surface area contributed by atoms with E-state index >= 15 is 0 Å². The normalized spacial score (nSPS) is 15.3. The molecule has 0 unspecified atom stereocenters. The van der Waals surface area contributed by atoms with Crippen molar-refractivity contribution in [1.82, 2.24) is 0 Å². The fraction of sp³-hybridized carbons (Fsp3) is 0.556. The molecule has 0 spiro atoms. The molecule has 1 aliphatic heterocycles. The lowest BCUT2D eigenvalue weighted by Gasteiger charge is -2.28. The van der Waals surface area contributed by atoms with E-state index < -0.39 is 0 Å². The van der Waals surface area contributed by atoms with Crippen LogP contribution in [0.1, 0.15) is 40.5 Å². The minimum Gasteiger partial charge on any atom is -0.364 e. The van der Waals surface area contributed by atoms with E-state index in [4.69, 9.17) is 11.6 Å². The lowest BCUT2D eigenvalue weighted by atomic mass is 9.92. The topological polar surface area (TPSA) is 44.7 Å². The fourth-order valence-electron chi connectivity index (χ4n) is 2.60. The van der Waals surface area contributed by atoms with Crippen molar-refractivity contribution in [3.05, 3.63) is 23.2 Å². The lowest BCUT2D eigenvalue weighted by molar-refractivity contribution is -0.117. The smallest absolute Gasteiger partial charge is 0.224 e. The molecule has 0 aliphatic carbocycles. The Hall–Kier alpha value is -1.55. The molecule has 1 aromatic rings. The predicted molar refractivity (Wildman–Crippen MR) is 99.0 cm³/mol. The van der Waals surface area contributed by atoms with Gasteiger partial charge in [0, 0.05) is 24.4 Å². The zero-order chi connectivity index (χ0) is 17.0. The second-order valence-electron chi connectivity index (χ2n) is 7.17. The number of hydrogen-bond donors (Lipinski definition) is 1. The molecule has 1 N–H and O–H groups in total. The van der Waals surface area contributed by atoms with Crippen molar-refractivity contribution >= 4 is 34.6 Å². The first-order chi connectivity index (χ1) is 10.8. The minimum atomic E-state index is -0.0415. The van der Waals surface area contributed by atoms with Gasteiger partial charge in [0.1, 0.15) is 0 Å². The van der Waals surface area contributed by atoms with Crippen LogP contribution in [0.25, 0.3) is 0 Å². The van der Waals surface area contributed by atoms with E-state index in [-0.39, 0.29) is 11.3 Å². The van der Waals surface area contributed by atoms with Gasteiger partial charge in [0.2, 0.25) is 5.91 Å². The summed E-state index contributed by atoms with van der Waals surface area (Å²) in [4.78, 5) is 18.9. The highest BCUT2D eigenvalue weighted by molar-refractivity contribution is 6.34. The van der Waals surface area contributed by atoms with Crippen molar-refractivity contribution < 1.29 is 4.79 Å². The van der Waals surface area contributed by atoms with Gasteiger partial charge in [0.05, 0.1) is 23.8 Å². The van der Waals surface area contributed by atoms with Crippen LogP contribution in [0.5, 0.6) is 0 Å². The molecule has 4 nitrogen and oxygen atoms in total. The van der Waals surface area contributed by atoms with Gasteiger partial charge < -0.3 is 10.2 Å². The molecule has 1 heterocycles. The number of hydrogen-bond acceptors (Lipinski definition) is 3. The molecule has 1 amide bonds. The monoisotopic (exact) mass is 335 g/mol. The van der Waals surface area contributed by atoms with Crippen LogP contribution < -0.4 is 10.2 Å². The summed E-state index contributed by atoms with van der Waals surface area (Å²) in [5.74, 6) is -0.00877. The van der Waals surface area contributed by atoms with E-state index in [1.807, 2.05) is 39.0 Å². The highest BCUT2D eigenvalue weighted by Gasteiger charge is 2.18. The molecular weight excluding hydrogens is 310 g/mol. The van der Waals surface area contributed by atoms with Crippen LogP contribution in [0.15, 0.2) is 23.2 Å². The van der Waals surface area contributed by atoms with E-state index in [0.29, 0.717) is 17.1 Å². The molecule has 2 rings (SSSR count). The number of aliphatic imine (C=N–C) groups is 1. The molecule has 0 saturated heterocycles. The molecule has 0 fully saturated rings. The maximum Gasteiger partial charge on any atom is 0.224 e. The number of rotatable bonds is 4. The number of amides is 1. The summed E-state index contributed by atoms with van der Waals surface area (Å²) in [5.41, 5.74) is 2.92. The number of carbonyl (C=O) groups is 1. The number of benzene rings is 1. The first-order valence-electron chi connectivity index (χ1n) is 8.15. The van der Waals surface area contributed by atoms with Gasteiger partial charge in [-0.25, -0.2) is 0 Å². The van der Waals surface area contributed by atoms with E-state index in [2.05, 4.69) is 22.1 Å². The van der Waals surface area contributed by atoms with Crippen LogP contribution in [0, 0.1) is 5.41 Å². The van der Waals surface area contributed by atoms with Crippen LogP contribution in [-0.2, 0) is 4.79 Å². The summed E-state index contributed by atoms with van der Waals surface area (Å²) < 4.78 is 0. The summed E-state index contributed by atoms with van der Waals surface area (Å²) in [5, 5.41) is 3.48. The molecule has 0 bridgehead atoms. The van der Waals surface area contributed by atoms with Crippen molar-refractivity contribution in [2.75, 3.05) is 29.9 Å². The summed E-state index contributed by atoms with van der Waals surface area (Å²) in [6.07, 6.45) is 1.44. The van der Waals surface area contributed by atoms with E-state index in [9.17, 15) is 4.79 Å². The van der Waals surface area contributed by atoms with E-state index in [0.717, 1.165) is 31.7 Å². The average molecular weight is 336 g/mol. The SMILES string of the molecule is CCC1=NCCN(c2ccc(NC(=O)CC(C)(C)C)c(Cl)c2)C1. The van der Waals surface area contributed by atoms with Crippen LogP contribution in [0.2, 0.25) is 5.02 Å². The van der Waals surface area contributed by atoms with Crippen LogP contribution in [0.4, 0.5) is 11.4 Å². The third-order valence-corrected chi connectivity index (χ3v) is 4.08. The molecular formula is C18H26ClN3O. The average Bonchev–Trinajstić information content (AvgIpc) is 2.47. The highest BCUT2D eigenvalue weighted by atomic mass is 35.5. The molecule has 0 atom stereocenters.